The molecule has 0 spiro atoms. The fourth-order valence-corrected chi connectivity index (χ4v) is 2.96. The molecular weight excluding hydrogens is 435 g/mol. The molecule has 2 saturated carbocycles. The van der Waals surface area contributed by atoms with E-state index < -0.39 is 0 Å². The van der Waals surface area contributed by atoms with E-state index in [0.717, 1.165) is 11.8 Å². The zero-order valence-corrected chi connectivity index (χ0v) is 20.3. The molecule has 0 nitrogen and oxygen atoms in total. The van der Waals surface area contributed by atoms with Crippen LogP contribution in [0, 0.1) is 18.3 Å². The SMILES string of the molecule is C1CCC(CC2CCCC2)C1.C[CH-]C.[Y].[Y].[Y]. The Morgan fingerprint density at radius 1 is 0.706 bits per heavy atom. The number of hydrogen-bond donors (Lipinski definition) is 0. The Labute approximate surface area is 185 Å². The Kier molecular flexibility index (Phi) is 25.8. The van der Waals surface area contributed by atoms with Gasteiger partial charge in [0.25, 0.3) is 0 Å². The Morgan fingerprint density at radius 2 is 0.941 bits per heavy atom. The summed E-state index contributed by atoms with van der Waals surface area (Å²) in [5.41, 5.74) is 0. The van der Waals surface area contributed by atoms with Crippen molar-refractivity contribution in [2.75, 3.05) is 0 Å². The normalized spacial score (nSPS) is 19.4. The van der Waals surface area contributed by atoms with Crippen molar-refractivity contribution in [3.8, 4) is 0 Å². The molecule has 2 rings (SSSR count). The van der Waals surface area contributed by atoms with Crippen LogP contribution in [0.25, 0.3) is 0 Å². The van der Waals surface area contributed by atoms with Crippen LogP contribution in [0.5, 0.6) is 0 Å². The molecule has 0 atom stereocenters. The third-order valence-corrected chi connectivity index (χ3v) is 3.62. The van der Waals surface area contributed by atoms with Crippen LogP contribution in [0.2, 0.25) is 0 Å². The van der Waals surface area contributed by atoms with Gasteiger partial charge in [-0.25, -0.2) is 0 Å². The molecule has 3 radical (unpaired) electrons. The second-order valence-corrected chi connectivity index (χ2v) is 5.11. The van der Waals surface area contributed by atoms with E-state index in [1.807, 2.05) is 20.3 Å². The van der Waals surface area contributed by atoms with Crippen molar-refractivity contribution in [2.24, 2.45) is 11.8 Å². The molecule has 17 heavy (non-hydrogen) atoms. The first-order chi connectivity index (χ1) is 6.86. The summed E-state index contributed by atoms with van der Waals surface area (Å²) < 4.78 is 0. The van der Waals surface area contributed by atoms with Gasteiger partial charge in [-0.05, 0) is 18.3 Å². The van der Waals surface area contributed by atoms with Crippen molar-refractivity contribution in [1.82, 2.24) is 0 Å². The summed E-state index contributed by atoms with van der Waals surface area (Å²) in [5.74, 6) is 2.27. The third-order valence-electron chi connectivity index (χ3n) is 3.62. The van der Waals surface area contributed by atoms with Crippen LogP contribution in [0.3, 0.4) is 0 Å². The number of hydrogen-bond acceptors (Lipinski definition) is 0. The maximum atomic E-state index is 2.00. The van der Waals surface area contributed by atoms with Gasteiger partial charge in [-0.3, -0.25) is 0 Å². The molecule has 0 aromatic heterocycles. The molecule has 0 saturated heterocycles. The van der Waals surface area contributed by atoms with Crippen LogP contribution in [0.15, 0.2) is 0 Å². The average molecular weight is 462 g/mol. The van der Waals surface area contributed by atoms with E-state index >= 15 is 0 Å². The molecule has 0 aliphatic heterocycles. The summed E-state index contributed by atoms with van der Waals surface area (Å²) in [5, 5.41) is 0. The van der Waals surface area contributed by atoms with Crippen LogP contribution in [0.1, 0.15) is 71.6 Å². The zero-order valence-electron chi connectivity index (χ0n) is 11.8. The molecule has 0 aromatic carbocycles. The molecule has 0 heterocycles. The predicted molar refractivity (Wildman–Crippen MR) is 64.2 cm³/mol. The second kappa shape index (κ2) is 17.4. The van der Waals surface area contributed by atoms with Gasteiger partial charge < -0.3 is 6.42 Å². The second-order valence-electron chi connectivity index (χ2n) is 5.11. The largest absolute Gasteiger partial charge is 0.335 e. The fraction of sp³-hybridized carbons (Fsp3) is 0.929. The summed E-state index contributed by atoms with van der Waals surface area (Å²) in [6.07, 6.45) is 15.9. The monoisotopic (exact) mass is 462 g/mol. The standard InChI is InChI=1S/C11H20.C3H7.3Y/c1-2-6-10(5-1)9-11-7-3-4-8-11;1-3-2;;;/h10-11H,1-9H2;3H,1-2H3;;;/q;-1;;;. The van der Waals surface area contributed by atoms with Gasteiger partial charge in [0, 0.05) is 98.1 Å². The molecule has 3 heteroatoms. The molecular formula is C14H27Y3-. The van der Waals surface area contributed by atoms with Crippen molar-refractivity contribution >= 4 is 0 Å². The van der Waals surface area contributed by atoms with Crippen LogP contribution in [0.4, 0.5) is 0 Å². The van der Waals surface area contributed by atoms with Gasteiger partial charge in [-0.1, -0.05) is 51.4 Å². The van der Waals surface area contributed by atoms with E-state index in [2.05, 4.69) is 0 Å². The van der Waals surface area contributed by atoms with Gasteiger partial charge >= 0.3 is 0 Å². The van der Waals surface area contributed by atoms with Crippen LogP contribution in [-0.4, -0.2) is 0 Å². The van der Waals surface area contributed by atoms with E-state index in [4.69, 9.17) is 0 Å². The summed E-state index contributed by atoms with van der Waals surface area (Å²) in [7, 11) is 0. The summed E-state index contributed by atoms with van der Waals surface area (Å²) in [6, 6.07) is 0. The van der Waals surface area contributed by atoms with Gasteiger partial charge in [-0.15, -0.1) is 0 Å². The Morgan fingerprint density at radius 3 is 1.18 bits per heavy atom. The Hall–Kier alpha value is 3.31. The van der Waals surface area contributed by atoms with E-state index in [1.165, 1.54) is 25.7 Å². The molecule has 0 N–H and O–H groups in total. The first kappa shape index (κ1) is 25.3. The molecule has 0 aromatic rings. The van der Waals surface area contributed by atoms with E-state index in [-0.39, 0.29) is 98.1 Å². The molecule has 93 valence electrons. The number of rotatable bonds is 2. The van der Waals surface area contributed by atoms with E-state index in [9.17, 15) is 0 Å². The van der Waals surface area contributed by atoms with Crippen LogP contribution in [-0.2, 0) is 98.1 Å². The van der Waals surface area contributed by atoms with Crippen molar-refractivity contribution in [3.63, 3.8) is 0 Å². The first-order valence-corrected chi connectivity index (χ1v) is 6.60. The molecule has 2 fully saturated rings. The quantitative estimate of drug-likeness (QED) is 0.509. The average Bonchev–Trinajstić information content (AvgIpc) is 2.79. The van der Waals surface area contributed by atoms with Gasteiger partial charge in [0.15, 0.2) is 0 Å². The van der Waals surface area contributed by atoms with Gasteiger partial charge in [0.1, 0.15) is 0 Å². The van der Waals surface area contributed by atoms with Crippen LogP contribution < -0.4 is 0 Å². The maximum absolute atomic E-state index is 2.00. The molecule has 0 bridgehead atoms. The maximum Gasteiger partial charge on any atom is 0 e. The Bertz CT molecular complexity index is 113. The molecule has 0 unspecified atom stereocenters. The van der Waals surface area contributed by atoms with Gasteiger partial charge in [0.05, 0.1) is 0 Å². The zero-order chi connectivity index (χ0) is 10.2. The van der Waals surface area contributed by atoms with Crippen LogP contribution >= 0.6 is 0 Å². The van der Waals surface area contributed by atoms with Gasteiger partial charge in [-0.2, -0.15) is 13.8 Å². The minimum atomic E-state index is 0. The smallest absolute Gasteiger partial charge is 0 e. The van der Waals surface area contributed by atoms with Crippen molar-refractivity contribution in [1.29, 1.82) is 0 Å². The summed E-state index contributed by atoms with van der Waals surface area (Å²) in [4.78, 5) is 0. The molecule has 2 aliphatic carbocycles. The van der Waals surface area contributed by atoms with E-state index in [0.29, 0.717) is 0 Å². The van der Waals surface area contributed by atoms with Crippen molar-refractivity contribution < 1.29 is 98.1 Å². The molecule has 0 amide bonds. The summed E-state index contributed by atoms with van der Waals surface area (Å²) >= 11 is 0. The first-order valence-electron chi connectivity index (χ1n) is 6.60. The van der Waals surface area contributed by atoms with Crippen molar-refractivity contribution in [2.45, 2.75) is 71.6 Å². The minimum Gasteiger partial charge on any atom is -0.335 e. The van der Waals surface area contributed by atoms with Crippen molar-refractivity contribution in [3.05, 3.63) is 6.42 Å². The predicted octanol–water partition coefficient (Wildman–Crippen LogP) is 4.98. The Balaban J connectivity index is -0.000000300. The van der Waals surface area contributed by atoms with Gasteiger partial charge in [0.2, 0.25) is 0 Å². The molecule has 2 aliphatic rings. The third kappa shape index (κ3) is 12.7. The summed E-state index contributed by atoms with van der Waals surface area (Å²) in [6.45, 7) is 4.00. The minimum absolute atomic E-state index is 0. The van der Waals surface area contributed by atoms with E-state index in [1.54, 1.807) is 32.1 Å². The fourth-order valence-electron chi connectivity index (χ4n) is 2.96. The topological polar surface area (TPSA) is 0 Å².